The number of aromatic nitrogens is 2. The van der Waals surface area contributed by atoms with E-state index in [9.17, 15) is 13.7 Å². The van der Waals surface area contributed by atoms with Crippen LogP contribution in [0.5, 0.6) is 5.75 Å². The molecule has 9 nitrogen and oxygen atoms in total. The molecule has 0 bridgehead atoms. The number of ether oxygens (including phenoxy) is 1. The molecule has 0 radical (unpaired) electrons. The fourth-order valence-corrected chi connectivity index (χ4v) is 5.68. The van der Waals surface area contributed by atoms with Gasteiger partial charge in [0.05, 0.1) is 34.8 Å². The van der Waals surface area contributed by atoms with Gasteiger partial charge < -0.3 is 20.7 Å². The molecule has 3 N–H and O–H groups in total. The molecule has 10 heteroatoms. The van der Waals surface area contributed by atoms with Crippen LogP contribution in [-0.4, -0.2) is 43.8 Å². The minimum atomic E-state index is -3.56. The first kappa shape index (κ1) is 26.4. The Hall–Kier alpha value is -3.68. The lowest BCUT2D eigenvalue weighted by Gasteiger charge is -2.25. The van der Waals surface area contributed by atoms with Gasteiger partial charge >= 0.3 is 0 Å². The second kappa shape index (κ2) is 11.2. The van der Waals surface area contributed by atoms with Crippen molar-refractivity contribution in [3.8, 4) is 11.8 Å². The van der Waals surface area contributed by atoms with Crippen molar-refractivity contribution < 1.29 is 13.2 Å². The smallest absolute Gasteiger partial charge is 0.229 e. The van der Waals surface area contributed by atoms with E-state index < -0.39 is 15.1 Å². The first-order valence-corrected chi connectivity index (χ1v) is 13.8. The van der Waals surface area contributed by atoms with Crippen molar-refractivity contribution in [2.24, 2.45) is 0 Å². The first-order valence-electron chi connectivity index (χ1n) is 12.3. The lowest BCUT2D eigenvalue weighted by atomic mass is 9.87. The minimum absolute atomic E-state index is 0.146. The summed E-state index contributed by atoms with van der Waals surface area (Å²) in [5, 5.41) is 18.7. The number of anilines is 4. The molecule has 1 fully saturated rings. The van der Waals surface area contributed by atoms with Crippen LogP contribution in [-0.2, 0) is 9.84 Å². The Labute approximate surface area is 218 Å². The van der Waals surface area contributed by atoms with Crippen molar-refractivity contribution in [1.82, 2.24) is 15.3 Å². The van der Waals surface area contributed by atoms with Crippen molar-refractivity contribution in [3.05, 3.63) is 59.3 Å². The average Bonchev–Trinajstić information content (AvgIpc) is 2.89. The van der Waals surface area contributed by atoms with Crippen LogP contribution in [0.1, 0.15) is 49.3 Å². The third-order valence-electron chi connectivity index (χ3n) is 6.59. The summed E-state index contributed by atoms with van der Waals surface area (Å²) >= 11 is 0. The topological polar surface area (TPSA) is 129 Å². The Balaban J connectivity index is 1.66. The maximum atomic E-state index is 12.9. The van der Waals surface area contributed by atoms with Gasteiger partial charge in [0.25, 0.3) is 0 Å². The molecule has 0 aliphatic carbocycles. The molecule has 3 aromatic rings. The van der Waals surface area contributed by atoms with Gasteiger partial charge in [-0.25, -0.2) is 13.4 Å². The summed E-state index contributed by atoms with van der Waals surface area (Å²) in [6, 6.07) is 12.8. The number of nitrogens with zero attached hydrogens (tertiary/aromatic N) is 3. The van der Waals surface area contributed by atoms with Crippen LogP contribution < -0.4 is 20.7 Å². The standard InChI is InChI=1S/C27H32N6O3S/c1-17(2)37(34,35)25-8-6-5-7-22(25)31-26-20(15-28)16-30-27(33-26)32-23-13-18(3)21(14-24(23)36-4)19-9-11-29-12-10-19/h5-8,13-14,16-17,19,29H,9-12H2,1-4H3,(H2,30,31,32,33). The number of benzene rings is 2. The number of methoxy groups -OCH3 is 1. The third kappa shape index (κ3) is 5.68. The highest BCUT2D eigenvalue weighted by Gasteiger charge is 2.24. The van der Waals surface area contributed by atoms with Gasteiger partial charge in [-0.3, -0.25) is 0 Å². The summed E-state index contributed by atoms with van der Waals surface area (Å²) in [5.41, 5.74) is 3.66. The molecule has 4 rings (SSSR count). The van der Waals surface area contributed by atoms with Gasteiger partial charge in [-0.15, -0.1) is 0 Å². The molecule has 194 valence electrons. The second-order valence-corrected chi connectivity index (χ2v) is 11.8. The molecule has 0 unspecified atom stereocenters. The van der Waals surface area contributed by atoms with Crippen molar-refractivity contribution in [2.45, 2.75) is 49.7 Å². The molecule has 0 saturated carbocycles. The molecule has 1 aliphatic rings. The highest BCUT2D eigenvalue weighted by molar-refractivity contribution is 7.92. The zero-order valence-corrected chi connectivity index (χ0v) is 22.3. The normalized spacial score (nSPS) is 14.3. The molecular weight excluding hydrogens is 488 g/mol. The van der Waals surface area contributed by atoms with Crippen molar-refractivity contribution >= 4 is 33.0 Å². The van der Waals surface area contributed by atoms with E-state index in [1.165, 1.54) is 11.8 Å². The monoisotopic (exact) mass is 520 g/mol. The number of aryl methyl sites for hydroxylation is 1. The van der Waals surface area contributed by atoms with E-state index in [1.807, 2.05) is 6.07 Å². The summed E-state index contributed by atoms with van der Waals surface area (Å²) < 4.78 is 31.4. The Morgan fingerprint density at radius 3 is 2.54 bits per heavy atom. The SMILES string of the molecule is COc1cc(C2CCNCC2)c(C)cc1Nc1ncc(C#N)c(Nc2ccccc2S(=O)(=O)C(C)C)n1. The number of nitrogens with one attached hydrogen (secondary N) is 3. The van der Waals surface area contributed by atoms with E-state index in [2.05, 4.69) is 45.0 Å². The zero-order chi connectivity index (χ0) is 26.6. The summed E-state index contributed by atoms with van der Waals surface area (Å²) in [6.07, 6.45) is 3.57. The minimum Gasteiger partial charge on any atom is -0.495 e. The van der Waals surface area contributed by atoms with Gasteiger partial charge in [-0.1, -0.05) is 12.1 Å². The van der Waals surface area contributed by atoms with Crippen LogP contribution in [0.25, 0.3) is 0 Å². The Kier molecular flexibility index (Phi) is 7.95. The molecule has 2 heterocycles. The maximum Gasteiger partial charge on any atom is 0.229 e. The van der Waals surface area contributed by atoms with E-state index in [0.29, 0.717) is 23.0 Å². The number of sulfone groups is 1. The second-order valence-electron chi connectivity index (χ2n) is 9.34. The summed E-state index contributed by atoms with van der Waals surface area (Å²) in [7, 11) is -1.93. The molecule has 37 heavy (non-hydrogen) atoms. The van der Waals surface area contributed by atoms with Crippen molar-refractivity contribution in [3.63, 3.8) is 0 Å². The quantitative estimate of drug-likeness (QED) is 0.383. The van der Waals surface area contributed by atoms with Crippen LogP contribution in [0, 0.1) is 18.3 Å². The molecule has 0 spiro atoms. The van der Waals surface area contributed by atoms with Crippen molar-refractivity contribution in [1.29, 1.82) is 5.26 Å². The molecule has 0 atom stereocenters. The Morgan fingerprint density at radius 2 is 1.86 bits per heavy atom. The van der Waals surface area contributed by atoms with Gasteiger partial charge in [0.15, 0.2) is 15.7 Å². The summed E-state index contributed by atoms with van der Waals surface area (Å²) in [4.78, 5) is 8.95. The van der Waals surface area contributed by atoms with Gasteiger partial charge in [0.1, 0.15) is 17.4 Å². The van der Waals surface area contributed by atoms with Crippen LogP contribution in [0.4, 0.5) is 23.1 Å². The average molecular weight is 521 g/mol. The molecule has 1 saturated heterocycles. The van der Waals surface area contributed by atoms with E-state index in [0.717, 1.165) is 31.5 Å². The van der Waals surface area contributed by atoms with Gasteiger partial charge in [-0.2, -0.15) is 10.2 Å². The molecule has 1 aliphatic heterocycles. The van der Waals surface area contributed by atoms with Crippen LogP contribution in [0.2, 0.25) is 0 Å². The maximum absolute atomic E-state index is 12.9. The van der Waals surface area contributed by atoms with Crippen LogP contribution in [0.3, 0.4) is 0 Å². The first-order chi connectivity index (χ1) is 17.7. The highest BCUT2D eigenvalue weighted by atomic mass is 32.2. The number of para-hydroxylation sites is 1. The van der Waals surface area contributed by atoms with Gasteiger partial charge in [0, 0.05) is 0 Å². The van der Waals surface area contributed by atoms with E-state index in [-0.39, 0.29) is 22.2 Å². The predicted molar refractivity (Wildman–Crippen MR) is 145 cm³/mol. The Bertz CT molecular complexity index is 1430. The van der Waals surface area contributed by atoms with E-state index >= 15 is 0 Å². The zero-order valence-electron chi connectivity index (χ0n) is 21.5. The summed E-state index contributed by atoms with van der Waals surface area (Å²) in [5.74, 6) is 1.61. The van der Waals surface area contributed by atoms with E-state index in [4.69, 9.17) is 4.74 Å². The third-order valence-corrected chi connectivity index (χ3v) is 8.80. The fraction of sp³-hybridized carbons (Fsp3) is 0.370. The number of nitriles is 1. The Morgan fingerprint density at radius 1 is 1.14 bits per heavy atom. The number of hydrogen-bond acceptors (Lipinski definition) is 9. The number of piperidine rings is 1. The lowest BCUT2D eigenvalue weighted by molar-refractivity contribution is 0.413. The highest BCUT2D eigenvalue weighted by Crippen LogP contribution is 2.36. The fourth-order valence-electron chi connectivity index (χ4n) is 4.48. The largest absolute Gasteiger partial charge is 0.495 e. The summed E-state index contributed by atoms with van der Waals surface area (Å²) in [6.45, 7) is 7.35. The van der Waals surface area contributed by atoms with Crippen LogP contribution >= 0.6 is 0 Å². The number of rotatable bonds is 8. The van der Waals surface area contributed by atoms with Gasteiger partial charge in [-0.05, 0) is 88.0 Å². The molecule has 1 aromatic heterocycles. The molecule has 0 amide bonds. The molecular formula is C27H32N6O3S. The predicted octanol–water partition coefficient (Wildman–Crippen LogP) is 4.80. The number of hydrogen-bond donors (Lipinski definition) is 3. The van der Waals surface area contributed by atoms with E-state index in [1.54, 1.807) is 45.2 Å². The lowest BCUT2D eigenvalue weighted by Crippen LogP contribution is -2.27. The van der Waals surface area contributed by atoms with Crippen LogP contribution in [0.15, 0.2) is 47.5 Å². The molecule has 2 aromatic carbocycles. The van der Waals surface area contributed by atoms with Crippen molar-refractivity contribution in [2.75, 3.05) is 30.8 Å². The van der Waals surface area contributed by atoms with Gasteiger partial charge in [0.2, 0.25) is 5.95 Å².